The number of hydrogen-bond acceptors (Lipinski definition) is 2. The number of hydrogen-bond donors (Lipinski definition) is 1. The third kappa shape index (κ3) is 3.08. The van der Waals surface area contributed by atoms with Crippen molar-refractivity contribution in [2.45, 2.75) is 40.5 Å². The SMILES string of the molecule is CCN(C(=O)CO)C1=CC(C)CC(C)(C)C1. The Kier molecular flexibility index (Phi) is 4.14. The van der Waals surface area contributed by atoms with E-state index in [1.165, 1.54) is 0 Å². The first-order valence-electron chi connectivity index (χ1n) is 6.01. The molecule has 1 aliphatic carbocycles. The summed E-state index contributed by atoms with van der Waals surface area (Å²) in [6.07, 6.45) is 4.24. The zero-order valence-corrected chi connectivity index (χ0v) is 10.8. The van der Waals surface area contributed by atoms with Crippen molar-refractivity contribution in [3.8, 4) is 0 Å². The van der Waals surface area contributed by atoms with Gasteiger partial charge in [-0.2, -0.15) is 0 Å². The molecule has 1 N–H and O–H groups in total. The molecule has 16 heavy (non-hydrogen) atoms. The van der Waals surface area contributed by atoms with Gasteiger partial charge in [0.15, 0.2) is 0 Å². The summed E-state index contributed by atoms with van der Waals surface area (Å²) in [6, 6.07) is 0. The summed E-state index contributed by atoms with van der Waals surface area (Å²) < 4.78 is 0. The Morgan fingerprint density at radius 1 is 1.62 bits per heavy atom. The minimum atomic E-state index is -0.403. The summed E-state index contributed by atoms with van der Waals surface area (Å²) in [4.78, 5) is 13.3. The smallest absolute Gasteiger partial charge is 0.252 e. The van der Waals surface area contributed by atoms with Crippen LogP contribution in [0.1, 0.15) is 40.5 Å². The first kappa shape index (κ1) is 13.2. The molecule has 3 nitrogen and oxygen atoms in total. The fraction of sp³-hybridized carbons (Fsp3) is 0.769. The Hall–Kier alpha value is -0.830. The Balaban J connectivity index is 2.89. The summed E-state index contributed by atoms with van der Waals surface area (Å²) in [5.74, 6) is 0.304. The second kappa shape index (κ2) is 5.00. The van der Waals surface area contributed by atoms with E-state index < -0.39 is 6.61 Å². The minimum absolute atomic E-state index is 0.196. The van der Waals surface area contributed by atoms with Crippen molar-refractivity contribution in [2.75, 3.05) is 13.2 Å². The molecule has 0 aromatic heterocycles. The molecule has 0 fully saturated rings. The maximum absolute atomic E-state index is 11.6. The molecule has 0 spiro atoms. The highest BCUT2D eigenvalue weighted by Gasteiger charge is 2.30. The number of carbonyl (C=O) groups excluding carboxylic acids is 1. The average Bonchev–Trinajstić information content (AvgIpc) is 2.15. The van der Waals surface area contributed by atoms with E-state index in [0.717, 1.165) is 18.5 Å². The van der Waals surface area contributed by atoms with Crippen LogP contribution in [0.3, 0.4) is 0 Å². The molecule has 1 amide bonds. The normalized spacial score (nSPS) is 23.8. The van der Waals surface area contributed by atoms with Gasteiger partial charge >= 0.3 is 0 Å². The molecule has 1 aliphatic rings. The van der Waals surface area contributed by atoms with Crippen LogP contribution in [-0.2, 0) is 4.79 Å². The number of carbonyl (C=O) groups is 1. The molecule has 0 aromatic rings. The minimum Gasteiger partial charge on any atom is -0.387 e. The summed E-state index contributed by atoms with van der Waals surface area (Å²) in [6.45, 7) is 8.81. The van der Waals surface area contributed by atoms with Crippen molar-refractivity contribution < 1.29 is 9.90 Å². The van der Waals surface area contributed by atoms with E-state index in [1.54, 1.807) is 4.90 Å². The van der Waals surface area contributed by atoms with Crippen LogP contribution in [0, 0.1) is 11.3 Å². The van der Waals surface area contributed by atoms with Crippen LogP contribution in [0.25, 0.3) is 0 Å². The number of allylic oxidation sites excluding steroid dienone is 2. The Labute approximate surface area is 98.1 Å². The van der Waals surface area contributed by atoms with Gasteiger partial charge in [-0.05, 0) is 31.1 Å². The van der Waals surface area contributed by atoms with Gasteiger partial charge in [-0.1, -0.05) is 26.8 Å². The van der Waals surface area contributed by atoms with Crippen LogP contribution in [0.4, 0.5) is 0 Å². The maximum Gasteiger partial charge on any atom is 0.252 e. The zero-order valence-electron chi connectivity index (χ0n) is 10.8. The first-order valence-corrected chi connectivity index (χ1v) is 6.01. The molecule has 3 heteroatoms. The molecule has 0 aliphatic heterocycles. The second-order valence-electron chi connectivity index (χ2n) is 5.48. The number of aliphatic hydroxyl groups is 1. The largest absolute Gasteiger partial charge is 0.387 e. The van der Waals surface area contributed by atoms with E-state index >= 15 is 0 Å². The third-order valence-corrected chi connectivity index (χ3v) is 3.11. The quantitative estimate of drug-likeness (QED) is 0.799. The van der Waals surface area contributed by atoms with E-state index in [1.807, 2.05) is 6.92 Å². The third-order valence-electron chi connectivity index (χ3n) is 3.11. The van der Waals surface area contributed by atoms with Crippen molar-refractivity contribution in [3.63, 3.8) is 0 Å². The highest BCUT2D eigenvalue weighted by Crippen LogP contribution is 2.39. The lowest BCUT2D eigenvalue weighted by molar-refractivity contribution is -0.132. The van der Waals surface area contributed by atoms with E-state index in [0.29, 0.717) is 12.5 Å². The lowest BCUT2D eigenvalue weighted by atomic mass is 9.75. The van der Waals surface area contributed by atoms with Gasteiger partial charge in [-0.25, -0.2) is 0 Å². The standard InChI is InChI=1S/C13H23NO2/c1-5-14(12(16)9-15)11-6-10(2)7-13(3,4)8-11/h6,10,15H,5,7-9H2,1-4H3. The molecule has 0 bridgehead atoms. The van der Waals surface area contributed by atoms with Gasteiger partial charge in [0.1, 0.15) is 6.61 Å². The van der Waals surface area contributed by atoms with Gasteiger partial charge in [-0.15, -0.1) is 0 Å². The maximum atomic E-state index is 11.6. The summed E-state index contributed by atoms with van der Waals surface area (Å²) in [5.41, 5.74) is 1.32. The summed E-state index contributed by atoms with van der Waals surface area (Å²) in [7, 11) is 0. The fourth-order valence-corrected chi connectivity index (χ4v) is 2.69. The predicted octanol–water partition coefficient (Wildman–Crippen LogP) is 2.17. The van der Waals surface area contributed by atoms with Gasteiger partial charge in [0, 0.05) is 12.2 Å². The molecule has 1 atom stereocenters. The first-order chi connectivity index (χ1) is 7.39. The van der Waals surface area contributed by atoms with Crippen LogP contribution >= 0.6 is 0 Å². The molecule has 92 valence electrons. The highest BCUT2D eigenvalue weighted by atomic mass is 16.3. The number of nitrogens with zero attached hydrogens (tertiary/aromatic N) is 1. The average molecular weight is 225 g/mol. The molecule has 1 rings (SSSR count). The summed E-state index contributed by atoms with van der Waals surface area (Å²) >= 11 is 0. The van der Waals surface area contributed by atoms with Crippen LogP contribution in [0.5, 0.6) is 0 Å². The molecule has 0 saturated carbocycles. The topological polar surface area (TPSA) is 40.5 Å². The van der Waals surface area contributed by atoms with E-state index in [2.05, 4.69) is 26.8 Å². The van der Waals surface area contributed by atoms with Crippen molar-refractivity contribution in [1.29, 1.82) is 0 Å². The molecule has 0 heterocycles. The van der Waals surface area contributed by atoms with Crippen LogP contribution in [0.15, 0.2) is 11.8 Å². The van der Waals surface area contributed by atoms with Gasteiger partial charge in [-0.3, -0.25) is 4.79 Å². The fourth-order valence-electron chi connectivity index (χ4n) is 2.69. The monoisotopic (exact) mass is 225 g/mol. The second-order valence-corrected chi connectivity index (χ2v) is 5.48. The van der Waals surface area contributed by atoms with Crippen LogP contribution < -0.4 is 0 Å². The van der Waals surface area contributed by atoms with Crippen molar-refractivity contribution in [3.05, 3.63) is 11.8 Å². The van der Waals surface area contributed by atoms with Gasteiger partial charge in [0.25, 0.3) is 5.91 Å². The molecular formula is C13H23NO2. The molecule has 0 aromatic carbocycles. The van der Waals surface area contributed by atoms with Crippen LogP contribution in [-0.4, -0.2) is 29.1 Å². The van der Waals surface area contributed by atoms with E-state index in [4.69, 9.17) is 5.11 Å². The molecule has 1 unspecified atom stereocenters. The lowest BCUT2D eigenvalue weighted by Gasteiger charge is -2.37. The zero-order chi connectivity index (χ0) is 12.3. The summed E-state index contributed by atoms with van der Waals surface area (Å²) in [5, 5.41) is 8.94. The Morgan fingerprint density at radius 2 is 2.25 bits per heavy atom. The number of amides is 1. The highest BCUT2D eigenvalue weighted by molar-refractivity contribution is 5.79. The Morgan fingerprint density at radius 3 is 2.69 bits per heavy atom. The van der Waals surface area contributed by atoms with Gasteiger partial charge in [0.05, 0.1) is 0 Å². The van der Waals surface area contributed by atoms with E-state index in [-0.39, 0.29) is 11.3 Å². The molecule has 0 saturated heterocycles. The number of rotatable bonds is 3. The Bertz CT molecular complexity index is 294. The van der Waals surface area contributed by atoms with Crippen LogP contribution in [0.2, 0.25) is 0 Å². The molecule has 0 radical (unpaired) electrons. The predicted molar refractivity (Wildman–Crippen MR) is 64.7 cm³/mol. The molecular weight excluding hydrogens is 202 g/mol. The van der Waals surface area contributed by atoms with Crippen molar-refractivity contribution in [2.24, 2.45) is 11.3 Å². The van der Waals surface area contributed by atoms with Gasteiger partial charge < -0.3 is 10.0 Å². The van der Waals surface area contributed by atoms with E-state index in [9.17, 15) is 4.79 Å². The van der Waals surface area contributed by atoms with Gasteiger partial charge in [0.2, 0.25) is 0 Å². The lowest BCUT2D eigenvalue weighted by Crippen LogP contribution is -2.36. The number of aliphatic hydroxyl groups excluding tert-OH is 1. The number of likely N-dealkylation sites (N-methyl/N-ethyl adjacent to an activating group) is 1. The van der Waals surface area contributed by atoms with Crippen molar-refractivity contribution >= 4 is 5.91 Å². The van der Waals surface area contributed by atoms with Crippen molar-refractivity contribution in [1.82, 2.24) is 4.90 Å².